The maximum atomic E-state index is 9.73. The van der Waals surface area contributed by atoms with Crippen LogP contribution in [0.1, 0.15) is 12.8 Å². The molecule has 0 amide bonds. The lowest BCUT2D eigenvalue weighted by atomic mass is 10.1. The molecule has 1 saturated heterocycles. The second-order valence-corrected chi connectivity index (χ2v) is 7.45. The molecule has 1 aliphatic rings. The molecule has 1 fully saturated rings. The summed E-state index contributed by atoms with van der Waals surface area (Å²) in [5, 5.41) is 15.2. The molecular weight excluding hydrogens is 382 g/mol. The Hall–Kier alpha value is -2.06. The Morgan fingerprint density at radius 1 is 1.07 bits per heavy atom. The van der Waals surface area contributed by atoms with Crippen molar-refractivity contribution in [3.63, 3.8) is 0 Å². The van der Waals surface area contributed by atoms with Gasteiger partial charge in [0.1, 0.15) is 0 Å². The molecule has 0 unspecified atom stereocenters. The van der Waals surface area contributed by atoms with Crippen LogP contribution in [0.5, 0.6) is 0 Å². The number of hydrogen-bond acceptors (Lipinski definition) is 5. The number of aliphatic hydroxyl groups excluding tert-OH is 1. The first kappa shape index (κ1) is 18.3. The molecule has 27 heavy (non-hydrogen) atoms. The summed E-state index contributed by atoms with van der Waals surface area (Å²) in [5.74, 6) is 0.766. The quantitative estimate of drug-likeness (QED) is 0.677. The number of aromatic nitrogens is 4. The topological polar surface area (TPSA) is 59.1 Å². The van der Waals surface area contributed by atoms with Crippen LogP contribution in [-0.4, -0.2) is 48.5 Å². The highest BCUT2D eigenvalue weighted by Crippen LogP contribution is 2.24. The number of likely N-dealkylation sites (tertiary alicyclic amines) is 1. The van der Waals surface area contributed by atoms with Crippen molar-refractivity contribution in [1.82, 2.24) is 24.2 Å². The van der Waals surface area contributed by atoms with E-state index < -0.39 is 0 Å². The predicted molar refractivity (Wildman–Crippen MR) is 107 cm³/mol. The average Bonchev–Trinajstić information content (AvgIpc) is 3.01. The molecule has 3 aromatic rings. The Bertz CT molecular complexity index is 962. The fourth-order valence-electron chi connectivity index (χ4n) is 3.26. The lowest BCUT2D eigenvalue weighted by molar-refractivity contribution is 0.0651. The van der Waals surface area contributed by atoms with Gasteiger partial charge >= 0.3 is 0 Å². The van der Waals surface area contributed by atoms with Crippen molar-refractivity contribution >= 4 is 23.8 Å². The van der Waals surface area contributed by atoms with Crippen molar-refractivity contribution in [2.45, 2.75) is 25.6 Å². The summed E-state index contributed by atoms with van der Waals surface area (Å²) in [5.41, 5.74) is 1.86. The van der Waals surface area contributed by atoms with Crippen LogP contribution in [0.25, 0.3) is 17.1 Å². The van der Waals surface area contributed by atoms with Gasteiger partial charge < -0.3 is 5.11 Å². The Kier molecular flexibility index (Phi) is 5.36. The van der Waals surface area contributed by atoms with Gasteiger partial charge in [0, 0.05) is 36.1 Å². The highest BCUT2D eigenvalue weighted by Gasteiger charge is 2.20. The normalized spacial score (nSPS) is 15.9. The van der Waals surface area contributed by atoms with E-state index in [9.17, 15) is 5.11 Å². The van der Waals surface area contributed by atoms with E-state index in [2.05, 4.69) is 9.88 Å². The predicted octanol–water partition coefficient (Wildman–Crippen LogP) is 3.53. The lowest BCUT2D eigenvalue weighted by Crippen LogP contribution is -2.37. The van der Waals surface area contributed by atoms with E-state index >= 15 is 0 Å². The van der Waals surface area contributed by atoms with Crippen LogP contribution in [0.3, 0.4) is 0 Å². The van der Waals surface area contributed by atoms with E-state index in [1.807, 2.05) is 45.6 Å². The van der Waals surface area contributed by atoms with Gasteiger partial charge in [-0.05, 0) is 61.5 Å². The largest absolute Gasteiger partial charge is 0.393 e. The smallest absolute Gasteiger partial charge is 0.204 e. The lowest BCUT2D eigenvalue weighted by Gasteiger charge is -2.28. The SMILES string of the molecule is OC1CCN(Cn2nc(-c3ccncc3)n(-c3ccc(Cl)cc3)c2=S)CC1. The Balaban J connectivity index is 1.75. The number of piperidine rings is 1. The minimum atomic E-state index is -0.201. The maximum Gasteiger partial charge on any atom is 0.204 e. The Labute approximate surface area is 167 Å². The first-order valence-electron chi connectivity index (χ1n) is 8.88. The van der Waals surface area contributed by atoms with Crippen LogP contribution < -0.4 is 0 Å². The first-order chi connectivity index (χ1) is 13.1. The Morgan fingerprint density at radius 3 is 2.41 bits per heavy atom. The number of pyridine rings is 1. The molecule has 8 heteroatoms. The number of rotatable bonds is 4. The van der Waals surface area contributed by atoms with Crippen molar-refractivity contribution in [3.8, 4) is 17.1 Å². The Morgan fingerprint density at radius 2 is 1.74 bits per heavy atom. The number of benzene rings is 1. The zero-order chi connectivity index (χ0) is 18.8. The van der Waals surface area contributed by atoms with Gasteiger partial charge in [0.05, 0.1) is 18.5 Å². The second kappa shape index (κ2) is 7.90. The van der Waals surface area contributed by atoms with Crippen molar-refractivity contribution in [3.05, 3.63) is 58.6 Å². The zero-order valence-corrected chi connectivity index (χ0v) is 16.3. The molecule has 6 nitrogen and oxygen atoms in total. The third kappa shape index (κ3) is 3.96. The summed E-state index contributed by atoms with van der Waals surface area (Å²) in [6.07, 6.45) is 4.85. The third-order valence-corrected chi connectivity index (χ3v) is 5.40. The summed E-state index contributed by atoms with van der Waals surface area (Å²) in [6, 6.07) is 11.4. The van der Waals surface area contributed by atoms with Gasteiger partial charge in [-0.2, -0.15) is 0 Å². The number of halogens is 1. The second-order valence-electron chi connectivity index (χ2n) is 6.64. The minimum Gasteiger partial charge on any atom is -0.393 e. The summed E-state index contributed by atoms with van der Waals surface area (Å²) >= 11 is 11.8. The summed E-state index contributed by atoms with van der Waals surface area (Å²) < 4.78 is 4.42. The van der Waals surface area contributed by atoms with E-state index in [1.54, 1.807) is 12.4 Å². The zero-order valence-electron chi connectivity index (χ0n) is 14.7. The van der Waals surface area contributed by atoms with E-state index in [1.165, 1.54) is 0 Å². The molecule has 140 valence electrons. The van der Waals surface area contributed by atoms with Crippen LogP contribution in [0, 0.1) is 4.77 Å². The van der Waals surface area contributed by atoms with Gasteiger partial charge in [0.25, 0.3) is 0 Å². The molecule has 0 radical (unpaired) electrons. The van der Waals surface area contributed by atoms with Crippen LogP contribution in [0.4, 0.5) is 0 Å². The van der Waals surface area contributed by atoms with Crippen molar-refractivity contribution in [2.75, 3.05) is 13.1 Å². The molecule has 4 rings (SSSR count). The third-order valence-electron chi connectivity index (χ3n) is 4.75. The molecule has 1 aromatic carbocycles. The summed E-state index contributed by atoms with van der Waals surface area (Å²) in [6.45, 7) is 2.27. The van der Waals surface area contributed by atoms with Gasteiger partial charge in [-0.1, -0.05) is 11.6 Å². The average molecular weight is 402 g/mol. The molecule has 0 bridgehead atoms. The van der Waals surface area contributed by atoms with Crippen LogP contribution >= 0.6 is 23.8 Å². The van der Waals surface area contributed by atoms with E-state index in [-0.39, 0.29) is 6.10 Å². The molecule has 2 aromatic heterocycles. The van der Waals surface area contributed by atoms with E-state index in [0.29, 0.717) is 16.5 Å². The van der Waals surface area contributed by atoms with Gasteiger partial charge in [-0.15, -0.1) is 5.10 Å². The first-order valence-corrected chi connectivity index (χ1v) is 9.67. The van der Waals surface area contributed by atoms with Crippen molar-refractivity contribution in [2.24, 2.45) is 0 Å². The fourth-order valence-corrected chi connectivity index (χ4v) is 3.68. The summed E-state index contributed by atoms with van der Waals surface area (Å²) in [4.78, 5) is 6.36. The number of hydrogen-bond donors (Lipinski definition) is 1. The molecule has 0 spiro atoms. The van der Waals surface area contributed by atoms with Gasteiger partial charge in [-0.3, -0.25) is 14.5 Å². The van der Waals surface area contributed by atoms with Gasteiger partial charge in [-0.25, -0.2) is 4.68 Å². The van der Waals surface area contributed by atoms with Crippen molar-refractivity contribution < 1.29 is 5.11 Å². The van der Waals surface area contributed by atoms with Crippen LogP contribution in [0.15, 0.2) is 48.8 Å². The number of aliphatic hydroxyl groups is 1. The van der Waals surface area contributed by atoms with E-state index in [0.717, 1.165) is 43.0 Å². The molecule has 3 heterocycles. The number of nitrogens with zero attached hydrogens (tertiary/aromatic N) is 5. The summed E-state index contributed by atoms with van der Waals surface area (Å²) in [7, 11) is 0. The fraction of sp³-hybridized carbons (Fsp3) is 0.316. The molecule has 1 aliphatic heterocycles. The molecule has 0 saturated carbocycles. The highest BCUT2D eigenvalue weighted by atomic mass is 35.5. The molecule has 1 N–H and O–H groups in total. The van der Waals surface area contributed by atoms with E-state index in [4.69, 9.17) is 28.9 Å². The molecule has 0 atom stereocenters. The van der Waals surface area contributed by atoms with Crippen LogP contribution in [-0.2, 0) is 6.67 Å². The molecular formula is C19H20ClN5OS. The van der Waals surface area contributed by atoms with Gasteiger partial charge in [0.15, 0.2) is 5.82 Å². The maximum absolute atomic E-state index is 9.73. The standard InChI is InChI=1S/C19H20ClN5OS/c20-15-1-3-16(4-2-15)25-18(14-5-9-21-10-6-14)22-24(19(25)27)13-23-11-7-17(26)8-12-23/h1-6,9-10,17,26H,7-8,11-13H2. The van der Waals surface area contributed by atoms with Gasteiger partial charge in [0.2, 0.25) is 4.77 Å². The van der Waals surface area contributed by atoms with Crippen LogP contribution in [0.2, 0.25) is 5.02 Å². The molecule has 0 aliphatic carbocycles. The minimum absolute atomic E-state index is 0.201. The monoisotopic (exact) mass is 401 g/mol. The highest BCUT2D eigenvalue weighted by molar-refractivity contribution is 7.71. The van der Waals surface area contributed by atoms with Crippen molar-refractivity contribution in [1.29, 1.82) is 0 Å².